The molecule has 0 bridgehead atoms. The van der Waals surface area contributed by atoms with Crippen molar-refractivity contribution in [2.75, 3.05) is 0 Å². The number of aromatic carboxylic acids is 1. The second-order valence-electron chi connectivity index (χ2n) is 3.99. The first-order valence-corrected chi connectivity index (χ1v) is 5.44. The smallest absolute Gasteiger partial charge is 0.419 e. The van der Waals surface area contributed by atoms with E-state index in [1.54, 1.807) is 0 Å². The molecule has 1 heterocycles. The highest BCUT2D eigenvalue weighted by Crippen LogP contribution is 2.32. The van der Waals surface area contributed by atoms with E-state index in [-0.39, 0.29) is 0 Å². The van der Waals surface area contributed by atoms with E-state index in [4.69, 9.17) is 9.52 Å². The lowest BCUT2D eigenvalue weighted by Crippen LogP contribution is -2.10. The van der Waals surface area contributed by atoms with Crippen LogP contribution in [0.15, 0.2) is 34.7 Å². The number of carboxylic acids is 1. The lowest BCUT2D eigenvalue weighted by atomic mass is 10.0. The van der Waals surface area contributed by atoms with Gasteiger partial charge in [-0.3, -0.25) is 4.79 Å². The highest BCUT2D eigenvalue weighted by Gasteiger charge is 2.35. The molecule has 0 aliphatic heterocycles. The Balaban J connectivity index is 2.41. The first kappa shape index (κ1) is 14.8. The van der Waals surface area contributed by atoms with E-state index >= 15 is 0 Å². The number of carbonyl (C=O) groups is 2. The van der Waals surface area contributed by atoms with E-state index in [1.807, 2.05) is 0 Å². The van der Waals surface area contributed by atoms with Crippen molar-refractivity contribution in [2.24, 2.45) is 0 Å². The molecule has 0 saturated heterocycles. The van der Waals surface area contributed by atoms with Crippen molar-refractivity contribution in [1.82, 2.24) is 0 Å². The van der Waals surface area contributed by atoms with E-state index < -0.39 is 46.4 Å². The Morgan fingerprint density at radius 3 is 2.19 bits per heavy atom. The van der Waals surface area contributed by atoms with Crippen molar-refractivity contribution in [3.05, 3.63) is 58.8 Å². The minimum atomic E-state index is -4.95. The summed E-state index contributed by atoms with van der Waals surface area (Å²) < 4.78 is 55.5. The van der Waals surface area contributed by atoms with E-state index in [0.717, 1.165) is 18.2 Å². The molecule has 1 N–H and O–H groups in total. The molecule has 2 aromatic rings. The molecule has 0 unspecified atom stereocenters. The maximum Gasteiger partial charge on any atom is 0.419 e. The van der Waals surface area contributed by atoms with Crippen LogP contribution in [0, 0.1) is 5.82 Å². The topological polar surface area (TPSA) is 67.5 Å². The average molecular weight is 302 g/mol. The second-order valence-corrected chi connectivity index (χ2v) is 3.99. The van der Waals surface area contributed by atoms with Gasteiger partial charge in [0, 0.05) is 5.56 Å². The number of rotatable bonds is 3. The molecule has 0 saturated carbocycles. The number of carbonyl (C=O) groups excluding carboxylic acids is 1. The predicted octanol–water partition coefficient (Wildman–Crippen LogP) is 3.37. The maximum atomic E-state index is 13.1. The van der Waals surface area contributed by atoms with Crippen LogP contribution in [0.3, 0.4) is 0 Å². The predicted molar refractivity (Wildman–Crippen MR) is 60.5 cm³/mol. The molecule has 0 aliphatic carbocycles. The van der Waals surface area contributed by atoms with Crippen LogP contribution in [0.4, 0.5) is 17.6 Å². The number of carboxylic acid groups (broad SMARTS) is 1. The van der Waals surface area contributed by atoms with Crippen LogP contribution < -0.4 is 0 Å². The van der Waals surface area contributed by atoms with Crippen molar-refractivity contribution >= 4 is 11.8 Å². The molecule has 21 heavy (non-hydrogen) atoms. The SMILES string of the molecule is O=C(O)c1ccc(C(=O)c2ccc(F)c(C(F)(F)F)c2)o1. The number of ketones is 1. The first-order valence-electron chi connectivity index (χ1n) is 5.44. The zero-order valence-corrected chi connectivity index (χ0v) is 10.1. The average Bonchev–Trinajstić information content (AvgIpc) is 2.86. The standard InChI is InChI=1S/C13H6F4O4/c14-8-2-1-6(5-7(8)13(15,16)17)11(18)9-3-4-10(21-9)12(19)20/h1-5H,(H,19,20). The van der Waals surface area contributed by atoms with Crippen LogP contribution in [-0.2, 0) is 6.18 Å². The van der Waals surface area contributed by atoms with E-state index in [2.05, 4.69) is 0 Å². The van der Waals surface area contributed by atoms with Crippen LogP contribution >= 0.6 is 0 Å². The summed E-state index contributed by atoms with van der Waals surface area (Å²) in [4.78, 5) is 22.5. The summed E-state index contributed by atoms with van der Waals surface area (Å²) in [6.45, 7) is 0. The summed E-state index contributed by atoms with van der Waals surface area (Å²) in [5.74, 6) is -4.90. The molecule has 0 fully saturated rings. The van der Waals surface area contributed by atoms with Crippen LogP contribution in [0.1, 0.15) is 32.2 Å². The Bertz CT molecular complexity index is 715. The highest BCUT2D eigenvalue weighted by molar-refractivity contribution is 6.07. The van der Waals surface area contributed by atoms with Gasteiger partial charge in [0.1, 0.15) is 5.82 Å². The third kappa shape index (κ3) is 2.93. The third-order valence-corrected chi connectivity index (χ3v) is 2.57. The Hall–Kier alpha value is -2.64. The highest BCUT2D eigenvalue weighted by atomic mass is 19.4. The van der Waals surface area contributed by atoms with E-state index in [9.17, 15) is 27.2 Å². The summed E-state index contributed by atoms with van der Waals surface area (Å²) in [7, 11) is 0. The molecule has 2 rings (SSSR count). The maximum absolute atomic E-state index is 13.1. The van der Waals surface area contributed by atoms with Crippen molar-refractivity contribution in [3.63, 3.8) is 0 Å². The Kier molecular flexibility index (Phi) is 3.54. The van der Waals surface area contributed by atoms with Gasteiger partial charge in [-0.05, 0) is 30.3 Å². The molecule has 110 valence electrons. The third-order valence-electron chi connectivity index (χ3n) is 2.57. The molecule has 0 radical (unpaired) electrons. The lowest BCUT2D eigenvalue weighted by molar-refractivity contribution is -0.140. The van der Waals surface area contributed by atoms with Crippen LogP contribution in [-0.4, -0.2) is 16.9 Å². The first-order chi connectivity index (χ1) is 9.70. The second kappa shape index (κ2) is 5.04. The minimum Gasteiger partial charge on any atom is -0.475 e. The summed E-state index contributed by atoms with van der Waals surface area (Å²) in [5.41, 5.74) is -2.05. The van der Waals surface area contributed by atoms with Crippen molar-refractivity contribution in [3.8, 4) is 0 Å². The van der Waals surface area contributed by atoms with Gasteiger partial charge in [0.2, 0.25) is 11.5 Å². The molecule has 4 nitrogen and oxygen atoms in total. The fourth-order valence-corrected chi connectivity index (χ4v) is 1.60. The normalized spacial score (nSPS) is 11.4. The largest absolute Gasteiger partial charge is 0.475 e. The van der Waals surface area contributed by atoms with Gasteiger partial charge in [-0.25, -0.2) is 9.18 Å². The van der Waals surface area contributed by atoms with Gasteiger partial charge in [0.15, 0.2) is 5.76 Å². The lowest BCUT2D eigenvalue weighted by Gasteiger charge is -2.09. The van der Waals surface area contributed by atoms with E-state index in [1.165, 1.54) is 0 Å². The number of furan rings is 1. The van der Waals surface area contributed by atoms with Gasteiger partial charge >= 0.3 is 12.1 Å². The van der Waals surface area contributed by atoms with Crippen molar-refractivity contribution in [2.45, 2.75) is 6.18 Å². The number of hydrogen-bond acceptors (Lipinski definition) is 3. The zero-order chi connectivity index (χ0) is 15.8. The van der Waals surface area contributed by atoms with Gasteiger partial charge in [-0.15, -0.1) is 0 Å². The molecule has 1 aromatic carbocycles. The Morgan fingerprint density at radius 1 is 1.05 bits per heavy atom. The molecule has 8 heteroatoms. The van der Waals surface area contributed by atoms with Crippen LogP contribution in [0.25, 0.3) is 0 Å². The fourth-order valence-electron chi connectivity index (χ4n) is 1.60. The quantitative estimate of drug-likeness (QED) is 0.697. The summed E-state index contributed by atoms with van der Waals surface area (Å²) in [6, 6.07) is 3.72. The summed E-state index contributed by atoms with van der Waals surface area (Å²) in [6.07, 6.45) is -4.95. The van der Waals surface area contributed by atoms with Gasteiger partial charge < -0.3 is 9.52 Å². The molecule has 0 amide bonds. The van der Waals surface area contributed by atoms with Gasteiger partial charge in [0.05, 0.1) is 5.56 Å². The minimum absolute atomic E-state index is 0.348. The molecule has 0 atom stereocenters. The van der Waals surface area contributed by atoms with Crippen molar-refractivity contribution < 1.29 is 36.7 Å². The number of alkyl halides is 3. The van der Waals surface area contributed by atoms with Gasteiger partial charge in [-0.1, -0.05) is 0 Å². The molecule has 1 aromatic heterocycles. The number of benzene rings is 1. The Labute approximate surface area is 114 Å². The molecular weight excluding hydrogens is 296 g/mol. The number of halogens is 4. The van der Waals surface area contributed by atoms with Crippen LogP contribution in [0.5, 0.6) is 0 Å². The summed E-state index contributed by atoms with van der Waals surface area (Å²) >= 11 is 0. The fraction of sp³-hybridized carbons (Fsp3) is 0.0769. The van der Waals surface area contributed by atoms with Gasteiger partial charge in [0.25, 0.3) is 0 Å². The van der Waals surface area contributed by atoms with Gasteiger partial charge in [-0.2, -0.15) is 13.2 Å². The molecule has 0 aliphatic rings. The number of hydrogen-bond donors (Lipinski definition) is 1. The van der Waals surface area contributed by atoms with Crippen LogP contribution in [0.2, 0.25) is 0 Å². The molecule has 0 spiro atoms. The molecular formula is C13H6F4O4. The van der Waals surface area contributed by atoms with Crippen molar-refractivity contribution in [1.29, 1.82) is 0 Å². The summed E-state index contributed by atoms with van der Waals surface area (Å²) in [5, 5.41) is 8.63. The Morgan fingerprint density at radius 2 is 1.67 bits per heavy atom. The monoisotopic (exact) mass is 302 g/mol. The zero-order valence-electron chi connectivity index (χ0n) is 10.1. The van der Waals surface area contributed by atoms with E-state index in [0.29, 0.717) is 12.1 Å².